The van der Waals surface area contributed by atoms with E-state index in [-0.39, 0.29) is 24.3 Å². The van der Waals surface area contributed by atoms with Gasteiger partial charge in [0.1, 0.15) is 0 Å². The molecule has 6 nitrogen and oxygen atoms in total. The van der Waals surface area contributed by atoms with Crippen molar-refractivity contribution in [3.05, 3.63) is 23.8 Å². The Kier molecular flexibility index (Phi) is 4.02. The fourth-order valence-corrected chi connectivity index (χ4v) is 5.73. The molecule has 1 aliphatic carbocycles. The molecular formula is C15H19NO5S2. The third-order valence-electron chi connectivity index (χ3n) is 4.48. The van der Waals surface area contributed by atoms with Crippen LogP contribution < -0.4 is 15.2 Å². The van der Waals surface area contributed by atoms with E-state index in [0.717, 1.165) is 5.56 Å². The molecule has 0 bridgehead atoms. The van der Waals surface area contributed by atoms with Crippen LogP contribution in [0.25, 0.3) is 0 Å². The van der Waals surface area contributed by atoms with Crippen LogP contribution in [0.4, 0.5) is 0 Å². The van der Waals surface area contributed by atoms with E-state index < -0.39 is 20.5 Å². The maximum atomic E-state index is 12.3. The SMILES string of the molecule is CCOC[C@]1(C(N)=S)[C@H](c2ccc3c(c2)OCO3)[C@@H]1S(C)(=O)=O. The Morgan fingerprint density at radius 2 is 2.13 bits per heavy atom. The lowest BCUT2D eigenvalue weighted by atomic mass is 9.99. The quantitative estimate of drug-likeness (QED) is 0.766. The molecule has 3 atom stereocenters. The van der Waals surface area contributed by atoms with Crippen molar-refractivity contribution in [3.63, 3.8) is 0 Å². The fraction of sp³-hybridized carbons (Fsp3) is 0.533. The van der Waals surface area contributed by atoms with Gasteiger partial charge in [0.25, 0.3) is 0 Å². The number of thiocarbonyl (C=S) groups is 1. The highest BCUT2D eigenvalue weighted by molar-refractivity contribution is 7.92. The Hall–Kier alpha value is -1.38. The molecule has 2 aliphatic rings. The highest BCUT2D eigenvalue weighted by atomic mass is 32.2. The van der Waals surface area contributed by atoms with E-state index in [1.807, 2.05) is 13.0 Å². The zero-order valence-electron chi connectivity index (χ0n) is 12.9. The lowest BCUT2D eigenvalue weighted by Gasteiger charge is -2.16. The average molecular weight is 357 g/mol. The number of nitrogens with two attached hydrogens (primary N) is 1. The summed E-state index contributed by atoms with van der Waals surface area (Å²) in [5, 5.41) is -0.681. The summed E-state index contributed by atoms with van der Waals surface area (Å²) in [6.07, 6.45) is 1.21. The van der Waals surface area contributed by atoms with Crippen molar-refractivity contribution in [2.24, 2.45) is 11.1 Å². The second-order valence-corrected chi connectivity index (χ2v) is 8.49. The first kappa shape index (κ1) is 16.5. The molecule has 1 aromatic carbocycles. The first-order valence-corrected chi connectivity index (χ1v) is 9.64. The van der Waals surface area contributed by atoms with Crippen LogP contribution in [0.2, 0.25) is 0 Å². The van der Waals surface area contributed by atoms with Crippen molar-refractivity contribution < 1.29 is 22.6 Å². The number of ether oxygens (including phenoxy) is 3. The van der Waals surface area contributed by atoms with Crippen molar-refractivity contribution in [1.82, 2.24) is 0 Å². The topological polar surface area (TPSA) is 87.8 Å². The molecule has 1 aromatic rings. The number of benzene rings is 1. The van der Waals surface area contributed by atoms with Crippen molar-refractivity contribution in [2.75, 3.05) is 26.3 Å². The maximum Gasteiger partial charge on any atom is 0.231 e. The van der Waals surface area contributed by atoms with E-state index in [1.165, 1.54) is 6.26 Å². The Labute approximate surface area is 140 Å². The summed E-state index contributed by atoms with van der Waals surface area (Å²) in [7, 11) is -3.34. The lowest BCUT2D eigenvalue weighted by Crippen LogP contribution is -2.33. The molecule has 1 saturated carbocycles. The van der Waals surface area contributed by atoms with Crippen molar-refractivity contribution >= 4 is 27.0 Å². The summed E-state index contributed by atoms with van der Waals surface area (Å²) in [5.41, 5.74) is 5.88. The van der Waals surface area contributed by atoms with Crippen molar-refractivity contribution in [1.29, 1.82) is 0 Å². The van der Waals surface area contributed by atoms with Gasteiger partial charge in [-0.2, -0.15) is 0 Å². The zero-order chi connectivity index (χ0) is 16.8. The van der Waals surface area contributed by atoms with E-state index in [4.69, 9.17) is 32.2 Å². The smallest absolute Gasteiger partial charge is 0.231 e. The first-order chi connectivity index (χ1) is 10.8. The summed E-state index contributed by atoms with van der Waals surface area (Å²) in [6.45, 7) is 2.67. The molecule has 0 amide bonds. The van der Waals surface area contributed by atoms with Crippen molar-refractivity contribution in [3.8, 4) is 11.5 Å². The highest BCUT2D eigenvalue weighted by Crippen LogP contribution is 2.63. The second-order valence-electron chi connectivity index (χ2n) is 5.88. The Bertz CT molecular complexity index is 748. The molecule has 0 aromatic heterocycles. The van der Waals surface area contributed by atoms with Gasteiger partial charge in [0.2, 0.25) is 6.79 Å². The van der Waals surface area contributed by atoms with Gasteiger partial charge in [-0.3, -0.25) is 0 Å². The maximum absolute atomic E-state index is 12.3. The Morgan fingerprint density at radius 3 is 2.74 bits per heavy atom. The van der Waals surface area contributed by atoms with Gasteiger partial charge in [0.05, 0.1) is 22.3 Å². The zero-order valence-corrected chi connectivity index (χ0v) is 14.6. The minimum Gasteiger partial charge on any atom is -0.454 e. The van der Waals surface area contributed by atoms with Crippen LogP contribution in [-0.4, -0.2) is 44.9 Å². The largest absolute Gasteiger partial charge is 0.454 e. The normalized spacial score (nSPS) is 28.6. The Morgan fingerprint density at radius 1 is 1.43 bits per heavy atom. The molecule has 1 aliphatic heterocycles. The van der Waals surface area contributed by atoms with Gasteiger partial charge >= 0.3 is 0 Å². The van der Waals surface area contributed by atoms with Gasteiger partial charge < -0.3 is 19.9 Å². The van der Waals surface area contributed by atoms with Crippen LogP contribution in [0.3, 0.4) is 0 Å². The minimum absolute atomic E-state index is 0.165. The van der Waals surface area contributed by atoms with E-state index >= 15 is 0 Å². The predicted octanol–water partition coefficient (Wildman–Crippen LogP) is 1.23. The van der Waals surface area contributed by atoms with E-state index in [2.05, 4.69) is 0 Å². The third kappa shape index (κ3) is 2.58. The minimum atomic E-state index is -3.34. The van der Waals surface area contributed by atoms with Gasteiger partial charge in [-0.15, -0.1) is 0 Å². The van der Waals surface area contributed by atoms with E-state index in [0.29, 0.717) is 18.1 Å². The molecular weight excluding hydrogens is 338 g/mol. The number of hydrogen-bond donors (Lipinski definition) is 1. The molecule has 0 spiro atoms. The summed E-state index contributed by atoms with van der Waals surface area (Å²) in [6, 6.07) is 5.42. The molecule has 1 heterocycles. The van der Waals surface area contributed by atoms with Gasteiger partial charge in [-0.25, -0.2) is 8.42 Å². The Balaban J connectivity index is 2.03. The van der Waals surface area contributed by atoms with Gasteiger partial charge in [-0.05, 0) is 24.6 Å². The summed E-state index contributed by atoms with van der Waals surface area (Å²) in [5.74, 6) is 0.919. The van der Waals surface area contributed by atoms with Crippen LogP contribution in [0, 0.1) is 5.41 Å². The number of sulfone groups is 1. The van der Waals surface area contributed by atoms with Gasteiger partial charge in [0.15, 0.2) is 21.3 Å². The standard InChI is InChI=1S/C15H19NO5S2/c1-3-19-7-15(14(16)22)12(13(15)23(2,17)18)9-4-5-10-11(6-9)21-8-20-10/h4-6,12-13H,3,7-8H2,1-2H3,(H2,16,22)/t12-,13+,15+/m1/s1. The lowest BCUT2D eigenvalue weighted by molar-refractivity contribution is 0.121. The molecule has 0 saturated heterocycles. The number of hydrogen-bond acceptors (Lipinski definition) is 6. The highest BCUT2D eigenvalue weighted by Gasteiger charge is 2.72. The van der Waals surface area contributed by atoms with E-state index in [9.17, 15) is 8.42 Å². The molecule has 3 rings (SSSR count). The van der Waals surface area contributed by atoms with Crippen LogP contribution >= 0.6 is 12.2 Å². The fourth-order valence-electron chi connectivity index (χ4n) is 3.42. The third-order valence-corrected chi connectivity index (χ3v) is 6.47. The molecule has 126 valence electrons. The van der Waals surface area contributed by atoms with Crippen LogP contribution in [0.5, 0.6) is 11.5 Å². The molecule has 0 unspecified atom stereocenters. The average Bonchev–Trinajstić information content (AvgIpc) is 2.97. The van der Waals surface area contributed by atoms with Crippen LogP contribution in [0.1, 0.15) is 18.4 Å². The molecule has 0 radical (unpaired) electrons. The van der Waals surface area contributed by atoms with Gasteiger partial charge in [-0.1, -0.05) is 18.3 Å². The number of rotatable bonds is 6. The first-order valence-electron chi connectivity index (χ1n) is 7.28. The van der Waals surface area contributed by atoms with Gasteiger partial charge in [0, 0.05) is 18.8 Å². The summed E-state index contributed by atoms with van der Waals surface area (Å²) in [4.78, 5) is 0.170. The summed E-state index contributed by atoms with van der Waals surface area (Å²) >= 11 is 5.21. The molecule has 2 N–H and O–H groups in total. The number of fused-ring (bicyclic) bond motifs is 1. The monoisotopic (exact) mass is 357 g/mol. The van der Waals surface area contributed by atoms with E-state index in [1.54, 1.807) is 12.1 Å². The predicted molar refractivity (Wildman–Crippen MR) is 89.6 cm³/mol. The molecule has 8 heteroatoms. The summed E-state index contributed by atoms with van der Waals surface area (Å²) < 4.78 is 40.7. The van der Waals surface area contributed by atoms with Crippen LogP contribution in [0.15, 0.2) is 18.2 Å². The molecule has 1 fully saturated rings. The van der Waals surface area contributed by atoms with Crippen molar-refractivity contribution in [2.45, 2.75) is 18.1 Å². The molecule has 23 heavy (non-hydrogen) atoms. The second kappa shape index (κ2) is 5.61. The van der Waals surface area contributed by atoms with Crippen LogP contribution in [-0.2, 0) is 14.6 Å².